The molecule has 192 valence electrons. The van der Waals surface area contributed by atoms with E-state index >= 15 is 0 Å². The van der Waals surface area contributed by atoms with Crippen molar-refractivity contribution >= 4 is 40.2 Å². The summed E-state index contributed by atoms with van der Waals surface area (Å²) in [6.07, 6.45) is 0.887. The standard InChI is InChI=1S/C37H24BNO2/c1-2-11-27(12-3-1)39-31-16-6-4-10-25(31)23-26-22-24(20-21-32(26)39)28-13-8-15-30-37(28)41-35-19-9-18-34-36(35)38(30)29-14-5-7-17-33(29)40-34/h1-22H,23H2. The zero-order chi connectivity index (χ0) is 26.9. The van der Waals surface area contributed by atoms with E-state index in [1.165, 1.54) is 39.1 Å². The van der Waals surface area contributed by atoms with E-state index in [1.54, 1.807) is 0 Å². The first-order valence-corrected chi connectivity index (χ1v) is 14.1. The van der Waals surface area contributed by atoms with E-state index in [0.29, 0.717) is 0 Å². The molecule has 0 saturated carbocycles. The van der Waals surface area contributed by atoms with Crippen molar-refractivity contribution in [2.24, 2.45) is 0 Å². The lowest BCUT2D eigenvalue weighted by Gasteiger charge is -2.34. The van der Waals surface area contributed by atoms with Crippen LogP contribution >= 0.6 is 0 Å². The fraction of sp³-hybridized carbons (Fsp3) is 0.0270. The molecule has 0 bridgehead atoms. The molecule has 3 aliphatic rings. The van der Waals surface area contributed by atoms with E-state index < -0.39 is 0 Å². The normalized spacial score (nSPS) is 13.6. The van der Waals surface area contributed by atoms with Crippen molar-refractivity contribution in [2.75, 3.05) is 4.90 Å². The van der Waals surface area contributed by atoms with Gasteiger partial charge in [-0.05, 0) is 76.1 Å². The Morgan fingerprint density at radius 1 is 0.537 bits per heavy atom. The Kier molecular flexibility index (Phi) is 4.76. The van der Waals surface area contributed by atoms with Gasteiger partial charge in [0.15, 0.2) is 0 Å². The molecule has 0 saturated heterocycles. The van der Waals surface area contributed by atoms with Crippen molar-refractivity contribution in [3.63, 3.8) is 0 Å². The Hall–Kier alpha value is -5.22. The van der Waals surface area contributed by atoms with Crippen LogP contribution in [0.15, 0.2) is 133 Å². The van der Waals surface area contributed by atoms with Crippen molar-refractivity contribution in [1.29, 1.82) is 0 Å². The number of anilines is 3. The van der Waals surface area contributed by atoms with E-state index in [2.05, 4.69) is 120 Å². The van der Waals surface area contributed by atoms with Gasteiger partial charge in [0.2, 0.25) is 0 Å². The van der Waals surface area contributed by atoms with Crippen molar-refractivity contribution in [2.45, 2.75) is 6.42 Å². The third-order valence-electron chi connectivity index (χ3n) is 8.59. The van der Waals surface area contributed by atoms with Crippen LogP contribution in [0.5, 0.6) is 23.0 Å². The highest BCUT2D eigenvalue weighted by Crippen LogP contribution is 2.46. The first-order valence-electron chi connectivity index (χ1n) is 14.1. The molecule has 41 heavy (non-hydrogen) atoms. The number of rotatable bonds is 2. The quantitative estimate of drug-likeness (QED) is 0.219. The smallest absolute Gasteiger partial charge is 0.260 e. The lowest BCUT2D eigenvalue weighted by Crippen LogP contribution is -2.57. The second-order valence-corrected chi connectivity index (χ2v) is 10.9. The minimum Gasteiger partial charge on any atom is -0.458 e. The summed E-state index contributed by atoms with van der Waals surface area (Å²) >= 11 is 0. The number of hydrogen-bond acceptors (Lipinski definition) is 3. The van der Waals surface area contributed by atoms with Crippen molar-refractivity contribution in [3.05, 3.63) is 145 Å². The van der Waals surface area contributed by atoms with Gasteiger partial charge in [-0.3, -0.25) is 0 Å². The summed E-state index contributed by atoms with van der Waals surface area (Å²) in [6, 6.07) is 47.3. The molecule has 3 aliphatic heterocycles. The van der Waals surface area contributed by atoms with E-state index in [4.69, 9.17) is 9.47 Å². The summed E-state index contributed by atoms with van der Waals surface area (Å²) in [5.74, 6) is 3.57. The molecule has 3 heterocycles. The van der Waals surface area contributed by atoms with Crippen LogP contribution in [-0.4, -0.2) is 6.71 Å². The van der Waals surface area contributed by atoms with Crippen molar-refractivity contribution in [3.8, 4) is 34.1 Å². The monoisotopic (exact) mass is 525 g/mol. The Bertz CT molecular complexity index is 2000. The molecule has 0 atom stereocenters. The zero-order valence-electron chi connectivity index (χ0n) is 22.2. The predicted molar refractivity (Wildman–Crippen MR) is 167 cm³/mol. The Morgan fingerprint density at radius 2 is 1.24 bits per heavy atom. The number of ether oxygens (including phenoxy) is 2. The van der Waals surface area contributed by atoms with E-state index in [0.717, 1.165) is 46.0 Å². The summed E-state index contributed by atoms with van der Waals surface area (Å²) in [6.45, 7) is 0.0629. The maximum atomic E-state index is 6.73. The highest BCUT2D eigenvalue weighted by molar-refractivity contribution is 6.98. The van der Waals surface area contributed by atoms with Gasteiger partial charge in [0.25, 0.3) is 6.71 Å². The summed E-state index contributed by atoms with van der Waals surface area (Å²) in [5, 5.41) is 0. The van der Waals surface area contributed by atoms with Gasteiger partial charge in [-0.1, -0.05) is 84.9 Å². The molecule has 6 aromatic carbocycles. The van der Waals surface area contributed by atoms with Crippen molar-refractivity contribution in [1.82, 2.24) is 0 Å². The summed E-state index contributed by atoms with van der Waals surface area (Å²) in [4.78, 5) is 2.38. The van der Waals surface area contributed by atoms with Crippen LogP contribution in [0.4, 0.5) is 17.1 Å². The van der Waals surface area contributed by atoms with Crippen LogP contribution in [0.3, 0.4) is 0 Å². The summed E-state index contributed by atoms with van der Waals surface area (Å²) in [5.41, 5.74) is 12.0. The lowest BCUT2D eigenvalue weighted by atomic mass is 9.34. The minimum absolute atomic E-state index is 0.0629. The first-order chi connectivity index (χ1) is 20.3. The summed E-state index contributed by atoms with van der Waals surface area (Å²) < 4.78 is 13.0. The lowest BCUT2D eigenvalue weighted by molar-refractivity contribution is 0.465. The summed E-state index contributed by atoms with van der Waals surface area (Å²) in [7, 11) is 0. The molecule has 0 radical (unpaired) electrons. The SMILES string of the molecule is c1ccc(N2c3ccccc3Cc3cc(-c4cccc5c4Oc4cccc6c4B5c4ccccc4O6)ccc32)cc1. The molecular formula is C37H24BNO2. The maximum absolute atomic E-state index is 6.73. The van der Waals surface area contributed by atoms with Gasteiger partial charge in [0.05, 0.1) is 0 Å². The van der Waals surface area contributed by atoms with E-state index in [-0.39, 0.29) is 6.71 Å². The molecule has 0 aromatic heterocycles. The molecule has 4 heteroatoms. The Labute approximate surface area is 239 Å². The fourth-order valence-electron chi connectivity index (χ4n) is 6.81. The van der Waals surface area contributed by atoms with E-state index in [9.17, 15) is 0 Å². The third-order valence-corrected chi connectivity index (χ3v) is 8.59. The predicted octanol–water partition coefficient (Wildman–Crippen LogP) is 7.46. The molecule has 0 fully saturated rings. The Balaban J connectivity index is 1.21. The minimum atomic E-state index is 0.0629. The maximum Gasteiger partial charge on any atom is 0.260 e. The second kappa shape index (κ2) is 8.64. The van der Waals surface area contributed by atoms with Crippen LogP contribution < -0.4 is 30.8 Å². The number of benzene rings is 6. The molecule has 0 N–H and O–H groups in total. The average molecular weight is 525 g/mol. The van der Waals surface area contributed by atoms with Crippen LogP contribution in [0.25, 0.3) is 11.1 Å². The van der Waals surface area contributed by atoms with E-state index in [1.807, 2.05) is 18.2 Å². The third kappa shape index (κ3) is 3.34. The number of para-hydroxylation sites is 4. The van der Waals surface area contributed by atoms with Gasteiger partial charge in [0, 0.05) is 34.5 Å². The highest BCUT2D eigenvalue weighted by atomic mass is 16.5. The molecule has 0 unspecified atom stereocenters. The molecular weight excluding hydrogens is 501 g/mol. The number of hydrogen-bond donors (Lipinski definition) is 0. The Morgan fingerprint density at radius 3 is 2.17 bits per heavy atom. The molecule has 3 nitrogen and oxygen atoms in total. The van der Waals surface area contributed by atoms with Gasteiger partial charge in [0.1, 0.15) is 23.0 Å². The first kappa shape index (κ1) is 22.6. The van der Waals surface area contributed by atoms with Crippen LogP contribution in [0, 0.1) is 0 Å². The largest absolute Gasteiger partial charge is 0.458 e. The fourth-order valence-corrected chi connectivity index (χ4v) is 6.81. The molecule has 0 amide bonds. The van der Waals surface area contributed by atoms with Crippen LogP contribution in [-0.2, 0) is 6.42 Å². The number of fused-ring (bicyclic) bond motifs is 6. The van der Waals surface area contributed by atoms with Gasteiger partial charge < -0.3 is 14.4 Å². The highest BCUT2D eigenvalue weighted by Gasteiger charge is 2.40. The van der Waals surface area contributed by atoms with Crippen LogP contribution in [0.1, 0.15) is 11.1 Å². The second-order valence-electron chi connectivity index (χ2n) is 10.9. The molecule has 0 spiro atoms. The number of nitrogens with zero attached hydrogens (tertiary/aromatic N) is 1. The average Bonchev–Trinajstić information content (AvgIpc) is 3.03. The van der Waals surface area contributed by atoms with Crippen molar-refractivity contribution < 1.29 is 9.47 Å². The van der Waals surface area contributed by atoms with Gasteiger partial charge in [-0.2, -0.15) is 0 Å². The van der Waals surface area contributed by atoms with Gasteiger partial charge in [-0.25, -0.2) is 0 Å². The van der Waals surface area contributed by atoms with Crippen LogP contribution in [0.2, 0.25) is 0 Å². The zero-order valence-corrected chi connectivity index (χ0v) is 22.2. The molecule has 6 aromatic rings. The topological polar surface area (TPSA) is 21.7 Å². The molecule has 9 rings (SSSR count). The molecule has 0 aliphatic carbocycles. The van der Waals surface area contributed by atoms with Gasteiger partial charge >= 0.3 is 0 Å². The van der Waals surface area contributed by atoms with Gasteiger partial charge in [-0.15, -0.1) is 0 Å².